The number of halogens is 1. The van der Waals surface area contributed by atoms with Crippen LogP contribution in [0, 0.1) is 20.8 Å². The van der Waals surface area contributed by atoms with Gasteiger partial charge >= 0.3 is 0 Å². The maximum atomic E-state index is 6.19. The molecule has 0 saturated heterocycles. The first-order chi connectivity index (χ1) is 11.5. The van der Waals surface area contributed by atoms with Crippen LogP contribution in [0.2, 0.25) is 0 Å². The summed E-state index contributed by atoms with van der Waals surface area (Å²) in [7, 11) is 0. The molecule has 0 bridgehead atoms. The molecule has 0 aliphatic rings. The first-order valence-electron chi connectivity index (χ1n) is 8.13. The third-order valence-corrected chi connectivity index (χ3v) is 4.69. The molecule has 0 amide bonds. The summed E-state index contributed by atoms with van der Waals surface area (Å²) in [6.45, 7) is 6.29. The van der Waals surface area contributed by atoms with Gasteiger partial charge in [-0.2, -0.15) is 0 Å². The molecule has 0 aliphatic heterocycles. The van der Waals surface area contributed by atoms with Crippen molar-refractivity contribution in [3.63, 3.8) is 0 Å². The molecule has 25 heavy (non-hydrogen) atoms. The lowest BCUT2D eigenvalue weighted by atomic mass is 10.1. The highest BCUT2D eigenvalue weighted by Gasteiger charge is 2.20. The van der Waals surface area contributed by atoms with Crippen LogP contribution in [-0.4, -0.2) is 4.98 Å². The Hall–Kier alpha value is -2.65. The van der Waals surface area contributed by atoms with Crippen LogP contribution in [0.4, 0.5) is 5.69 Å². The third kappa shape index (κ3) is 2.81. The van der Waals surface area contributed by atoms with Gasteiger partial charge in [0.15, 0.2) is 0 Å². The van der Waals surface area contributed by atoms with Gasteiger partial charge in [0.1, 0.15) is 11.0 Å². The van der Waals surface area contributed by atoms with Gasteiger partial charge in [-0.15, -0.1) is 4.57 Å². The fourth-order valence-electron chi connectivity index (χ4n) is 3.14. The Labute approximate surface area is 153 Å². The molecule has 0 saturated carbocycles. The lowest BCUT2D eigenvalue weighted by Gasteiger charge is -2.09. The Morgan fingerprint density at radius 3 is 2.00 bits per heavy atom. The number of nitrogens with zero attached hydrogens (tertiary/aromatic N) is 2. The second-order valence-corrected chi connectivity index (χ2v) is 6.41. The van der Waals surface area contributed by atoms with Gasteiger partial charge in [0, 0.05) is 30.0 Å². The summed E-state index contributed by atoms with van der Waals surface area (Å²) in [5.74, 6) is 0. The first kappa shape index (κ1) is 17.2. The van der Waals surface area contributed by atoms with Gasteiger partial charge in [0.05, 0.1) is 0 Å². The van der Waals surface area contributed by atoms with E-state index < -0.39 is 0 Å². The highest BCUT2D eigenvalue weighted by atomic mass is 35.5. The van der Waals surface area contributed by atoms with Crippen LogP contribution in [0.1, 0.15) is 16.7 Å². The molecule has 4 rings (SSSR count). The van der Waals surface area contributed by atoms with Crippen molar-refractivity contribution < 1.29 is 17.0 Å². The maximum Gasteiger partial charge on any atom is 0.239 e. The van der Waals surface area contributed by atoms with E-state index in [0.29, 0.717) is 0 Å². The lowest BCUT2D eigenvalue weighted by Crippen LogP contribution is -3.00. The predicted molar refractivity (Wildman–Crippen MR) is 99.4 cm³/mol. The Balaban J connectivity index is 0.00000182. The van der Waals surface area contributed by atoms with E-state index in [1.54, 1.807) is 0 Å². The number of para-hydroxylation sites is 1. The minimum absolute atomic E-state index is 0. The molecule has 0 spiro atoms. The van der Waals surface area contributed by atoms with E-state index >= 15 is 0 Å². The van der Waals surface area contributed by atoms with Gasteiger partial charge in [0.2, 0.25) is 16.7 Å². The average molecular weight is 350 g/mol. The van der Waals surface area contributed by atoms with Crippen molar-refractivity contribution in [1.82, 2.24) is 4.98 Å². The molecule has 4 heteroatoms. The van der Waals surface area contributed by atoms with Crippen LogP contribution >= 0.6 is 0 Å². The predicted octanol–water partition coefficient (Wildman–Crippen LogP) is 1.18. The van der Waals surface area contributed by atoms with Crippen molar-refractivity contribution in [2.75, 3.05) is 5.73 Å². The van der Waals surface area contributed by atoms with Crippen LogP contribution in [0.15, 0.2) is 54.6 Å². The summed E-state index contributed by atoms with van der Waals surface area (Å²) in [6.07, 6.45) is 0. The van der Waals surface area contributed by atoms with Crippen molar-refractivity contribution >= 4 is 27.8 Å². The number of nitrogen functional groups attached to an aromatic ring is 1. The van der Waals surface area contributed by atoms with Gasteiger partial charge in [-0.3, -0.25) is 0 Å². The number of rotatable bonds is 1. The molecule has 4 aromatic rings. The minimum Gasteiger partial charge on any atom is -1.00 e. The van der Waals surface area contributed by atoms with Gasteiger partial charge in [-0.05, 0) is 49.6 Å². The van der Waals surface area contributed by atoms with Crippen molar-refractivity contribution in [3.8, 4) is 5.69 Å². The van der Waals surface area contributed by atoms with E-state index in [0.717, 1.165) is 39.0 Å². The zero-order chi connectivity index (χ0) is 16.8. The number of fused-ring (bicyclic) bond motifs is 2. The summed E-state index contributed by atoms with van der Waals surface area (Å²) in [4.78, 5) is 4.89. The van der Waals surface area contributed by atoms with Crippen molar-refractivity contribution in [3.05, 3.63) is 71.3 Å². The molecular formula is C21H20ClN3. The number of benzene rings is 3. The summed E-state index contributed by atoms with van der Waals surface area (Å²) >= 11 is 0. The molecule has 2 N–H and O–H groups in total. The van der Waals surface area contributed by atoms with E-state index in [4.69, 9.17) is 10.7 Å². The Kier molecular flexibility index (Phi) is 4.36. The normalized spacial score (nSPS) is 10.8. The van der Waals surface area contributed by atoms with Crippen molar-refractivity contribution in [2.45, 2.75) is 20.8 Å². The van der Waals surface area contributed by atoms with Crippen molar-refractivity contribution in [2.24, 2.45) is 0 Å². The smallest absolute Gasteiger partial charge is 0.239 e. The third-order valence-electron chi connectivity index (χ3n) is 4.69. The minimum atomic E-state index is 0. The van der Waals surface area contributed by atoms with E-state index in [-0.39, 0.29) is 12.4 Å². The second-order valence-electron chi connectivity index (χ2n) is 6.41. The molecule has 1 aromatic heterocycles. The summed E-state index contributed by atoms with van der Waals surface area (Å²) in [6, 6.07) is 18.8. The Morgan fingerprint density at radius 1 is 0.760 bits per heavy atom. The summed E-state index contributed by atoms with van der Waals surface area (Å²) < 4.78 is 2.25. The molecule has 0 unspecified atom stereocenters. The average Bonchev–Trinajstić information content (AvgIpc) is 2.57. The Bertz CT molecular complexity index is 1020. The highest BCUT2D eigenvalue weighted by molar-refractivity contribution is 5.85. The molecular weight excluding hydrogens is 330 g/mol. The van der Waals surface area contributed by atoms with Gasteiger partial charge < -0.3 is 18.1 Å². The molecule has 3 nitrogen and oxygen atoms in total. The molecule has 0 fully saturated rings. The molecule has 0 radical (unpaired) electrons. The fraction of sp³-hybridized carbons (Fsp3) is 0.143. The Morgan fingerprint density at radius 2 is 1.32 bits per heavy atom. The summed E-state index contributed by atoms with van der Waals surface area (Å²) in [5.41, 5.74) is 15.7. The van der Waals surface area contributed by atoms with Gasteiger partial charge in [0.25, 0.3) is 0 Å². The van der Waals surface area contributed by atoms with E-state index in [1.807, 2.05) is 19.1 Å². The standard InChI is InChI=1S/C21H19N3.ClH/c1-13-9-18-20(11-14(13)2)24(16-7-5-4-6-8-16)21-12-17(22)15(3)10-19(21)23-18;/h4-12,22H,1-3H3;1H. The monoisotopic (exact) mass is 349 g/mol. The number of nitrogens with two attached hydrogens (primary N) is 1. The van der Waals surface area contributed by atoms with Crippen LogP contribution in [0.3, 0.4) is 0 Å². The molecule has 1 heterocycles. The van der Waals surface area contributed by atoms with E-state index in [1.165, 1.54) is 11.1 Å². The topological polar surface area (TPSA) is 42.8 Å². The first-order valence-corrected chi connectivity index (χ1v) is 8.13. The number of hydrogen-bond acceptors (Lipinski definition) is 2. The van der Waals surface area contributed by atoms with Crippen LogP contribution in [0.5, 0.6) is 0 Å². The largest absolute Gasteiger partial charge is 1.00 e. The second kappa shape index (κ2) is 6.34. The number of anilines is 1. The molecule has 0 atom stereocenters. The van der Waals surface area contributed by atoms with Crippen LogP contribution in [0.25, 0.3) is 27.8 Å². The fourth-order valence-corrected chi connectivity index (χ4v) is 3.14. The number of aromatic nitrogens is 2. The molecule has 126 valence electrons. The zero-order valence-electron chi connectivity index (χ0n) is 14.5. The van der Waals surface area contributed by atoms with Crippen LogP contribution < -0.4 is 22.7 Å². The maximum absolute atomic E-state index is 6.19. The highest BCUT2D eigenvalue weighted by Crippen LogP contribution is 2.23. The molecule has 0 aliphatic carbocycles. The summed E-state index contributed by atoms with van der Waals surface area (Å²) in [5, 5.41) is 0. The SMILES string of the molecule is Cc1cc2nc3cc(C)c(N)cc3[n+](-c3ccccc3)c2cc1C.[Cl-]. The van der Waals surface area contributed by atoms with E-state index in [2.05, 4.69) is 60.9 Å². The number of hydrogen-bond donors (Lipinski definition) is 1. The quantitative estimate of drug-likeness (QED) is 0.318. The molecule has 3 aromatic carbocycles. The van der Waals surface area contributed by atoms with Crippen LogP contribution in [-0.2, 0) is 0 Å². The van der Waals surface area contributed by atoms with Gasteiger partial charge in [-0.25, -0.2) is 4.98 Å². The zero-order valence-corrected chi connectivity index (χ0v) is 15.3. The number of aryl methyl sites for hydroxylation is 3. The van der Waals surface area contributed by atoms with E-state index in [9.17, 15) is 0 Å². The van der Waals surface area contributed by atoms with Crippen molar-refractivity contribution in [1.29, 1.82) is 0 Å². The lowest BCUT2D eigenvalue weighted by molar-refractivity contribution is -0.538. The van der Waals surface area contributed by atoms with Gasteiger partial charge in [-0.1, -0.05) is 18.2 Å².